The van der Waals surface area contributed by atoms with E-state index in [1.165, 1.54) is 5.56 Å². The first-order valence-electron chi connectivity index (χ1n) is 7.50. The minimum atomic E-state index is -0.160. The lowest BCUT2D eigenvalue weighted by Crippen LogP contribution is -2.23. The summed E-state index contributed by atoms with van der Waals surface area (Å²) in [5, 5.41) is 0. The summed E-state index contributed by atoms with van der Waals surface area (Å²) in [6.45, 7) is 13.0. The smallest absolute Gasteiger partial charge is 0.124 e. The molecule has 0 atom stereocenters. The molecule has 0 aliphatic carbocycles. The van der Waals surface area contributed by atoms with E-state index in [9.17, 15) is 4.39 Å². The predicted octanol–water partition coefficient (Wildman–Crippen LogP) is 6.09. The van der Waals surface area contributed by atoms with E-state index in [-0.39, 0.29) is 16.6 Å². The molecule has 112 valence electrons. The van der Waals surface area contributed by atoms with Crippen LogP contribution >= 0.6 is 0 Å². The summed E-state index contributed by atoms with van der Waals surface area (Å²) in [7, 11) is 0. The average Bonchev–Trinajstić information content (AvgIpc) is 2.36. The van der Waals surface area contributed by atoms with Crippen molar-refractivity contribution in [1.29, 1.82) is 0 Å². The number of benzene rings is 2. The Morgan fingerprint density at radius 3 is 1.81 bits per heavy atom. The first-order chi connectivity index (χ1) is 9.60. The summed E-state index contributed by atoms with van der Waals surface area (Å²) in [5.41, 5.74) is 4.28. The summed E-state index contributed by atoms with van der Waals surface area (Å²) in [6, 6.07) is 13.5. The maximum Gasteiger partial charge on any atom is 0.124 e. The van der Waals surface area contributed by atoms with Crippen molar-refractivity contribution in [1.82, 2.24) is 0 Å². The van der Waals surface area contributed by atoms with E-state index >= 15 is 0 Å². The molecular formula is C20H25F. The largest absolute Gasteiger partial charge is 0.207 e. The zero-order valence-corrected chi connectivity index (χ0v) is 13.9. The Morgan fingerprint density at radius 2 is 1.33 bits per heavy atom. The van der Waals surface area contributed by atoms with Crippen LogP contribution in [0.2, 0.25) is 0 Å². The second-order valence-electron chi connectivity index (χ2n) is 7.74. The van der Waals surface area contributed by atoms with Gasteiger partial charge in [-0.25, -0.2) is 4.39 Å². The molecule has 2 rings (SSSR count). The van der Waals surface area contributed by atoms with Crippen LogP contribution in [-0.4, -0.2) is 0 Å². The van der Waals surface area contributed by atoms with Crippen LogP contribution in [0.15, 0.2) is 42.5 Å². The molecule has 0 saturated heterocycles. The lowest BCUT2D eigenvalue weighted by Gasteiger charge is -2.32. The molecule has 0 N–H and O–H groups in total. The number of rotatable bonds is 1. The Balaban J connectivity index is 2.85. The van der Waals surface area contributed by atoms with Crippen LogP contribution in [0.5, 0.6) is 0 Å². The molecule has 0 radical (unpaired) electrons. The van der Waals surface area contributed by atoms with Gasteiger partial charge >= 0.3 is 0 Å². The average molecular weight is 284 g/mol. The van der Waals surface area contributed by atoms with Gasteiger partial charge in [-0.05, 0) is 45.2 Å². The minimum Gasteiger partial charge on any atom is -0.207 e. The Labute approximate surface area is 128 Å². The molecular weight excluding hydrogens is 259 g/mol. The monoisotopic (exact) mass is 284 g/mol. The van der Waals surface area contributed by atoms with Crippen molar-refractivity contribution in [3.8, 4) is 11.1 Å². The molecule has 2 aromatic rings. The van der Waals surface area contributed by atoms with Gasteiger partial charge in [0.05, 0.1) is 0 Å². The lowest BCUT2D eigenvalue weighted by molar-refractivity contribution is 0.522. The third-order valence-electron chi connectivity index (χ3n) is 3.75. The van der Waals surface area contributed by atoms with E-state index in [0.29, 0.717) is 0 Å². The van der Waals surface area contributed by atoms with Crippen molar-refractivity contribution in [2.24, 2.45) is 0 Å². The van der Waals surface area contributed by atoms with Gasteiger partial charge in [0.15, 0.2) is 0 Å². The second kappa shape index (κ2) is 5.29. The zero-order chi connectivity index (χ0) is 15.8. The lowest BCUT2D eigenvalue weighted by atomic mass is 9.72. The summed E-state index contributed by atoms with van der Waals surface area (Å²) in [4.78, 5) is 0. The molecule has 0 aliphatic rings. The molecule has 2 aromatic carbocycles. The van der Waals surface area contributed by atoms with Gasteiger partial charge in [-0.15, -0.1) is 0 Å². The molecule has 0 bridgehead atoms. The van der Waals surface area contributed by atoms with Crippen molar-refractivity contribution in [3.05, 3.63) is 59.4 Å². The SMILES string of the molecule is CC(C)(C)c1cc(F)cc(-c2ccccc2)c1C(C)(C)C. The fourth-order valence-electron chi connectivity index (χ4n) is 2.85. The van der Waals surface area contributed by atoms with Crippen molar-refractivity contribution in [2.75, 3.05) is 0 Å². The van der Waals surface area contributed by atoms with Crippen molar-refractivity contribution >= 4 is 0 Å². The van der Waals surface area contributed by atoms with Crippen LogP contribution in [0.4, 0.5) is 4.39 Å². The second-order valence-corrected chi connectivity index (χ2v) is 7.74. The van der Waals surface area contributed by atoms with Crippen molar-refractivity contribution in [2.45, 2.75) is 52.4 Å². The highest BCUT2D eigenvalue weighted by Crippen LogP contribution is 2.40. The molecule has 1 heteroatoms. The van der Waals surface area contributed by atoms with Gasteiger partial charge in [-0.1, -0.05) is 71.9 Å². The molecule has 21 heavy (non-hydrogen) atoms. The fourth-order valence-corrected chi connectivity index (χ4v) is 2.85. The van der Waals surface area contributed by atoms with Gasteiger partial charge in [-0.3, -0.25) is 0 Å². The van der Waals surface area contributed by atoms with Crippen LogP contribution in [0.3, 0.4) is 0 Å². The molecule has 0 fully saturated rings. The zero-order valence-electron chi connectivity index (χ0n) is 13.9. The van der Waals surface area contributed by atoms with Gasteiger partial charge in [-0.2, -0.15) is 0 Å². The first-order valence-corrected chi connectivity index (χ1v) is 7.50. The van der Waals surface area contributed by atoms with E-state index < -0.39 is 0 Å². The van der Waals surface area contributed by atoms with Crippen LogP contribution in [-0.2, 0) is 10.8 Å². The standard InChI is InChI=1S/C20H25F/c1-19(2,3)17-13-15(21)12-16(18(17)20(4,5)6)14-10-8-7-9-11-14/h7-13H,1-6H3. The third kappa shape index (κ3) is 3.34. The highest BCUT2D eigenvalue weighted by atomic mass is 19.1. The van der Waals surface area contributed by atoms with Crippen LogP contribution in [0.1, 0.15) is 52.7 Å². The summed E-state index contributed by atoms with van der Waals surface area (Å²) < 4.78 is 14.2. The highest BCUT2D eigenvalue weighted by Gasteiger charge is 2.29. The minimum absolute atomic E-state index is 0.0402. The number of halogens is 1. The Morgan fingerprint density at radius 1 is 0.762 bits per heavy atom. The number of hydrogen-bond donors (Lipinski definition) is 0. The molecule has 0 aromatic heterocycles. The number of hydrogen-bond acceptors (Lipinski definition) is 0. The Kier molecular flexibility index (Phi) is 3.97. The van der Waals surface area contributed by atoms with E-state index in [2.05, 4.69) is 53.7 Å². The third-order valence-corrected chi connectivity index (χ3v) is 3.75. The first kappa shape index (κ1) is 15.8. The van der Waals surface area contributed by atoms with Crippen LogP contribution < -0.4 is 0 Å². The van der Waals surface area contributed by atoms with E-state index in [4.69, 9.17) is 0 Å². The van der Waals surface area contributed by atoms with Gasteiger partial charge in [0.1, 0.15) is 5.82 Å². The molecule has 0 amide bonds. The Bertz CT molecular complexity index is 625. The normalized spacial score (nSPS) is 12.5. The van der Waals surface area contributed by atoms with Crippen molar-refractivity contribution in [3.63, 3.8) is 0 Å². The van der Waals surface area contributed by atoms with Crippen LogP contribution in [0, 0.1) is 5.82 Å². The van der Waals surface area contributed by atoms with E-state index in [1.54, 1.807) is 12.1 Å². The van der Waals surface area contributed by atoms with Crippen LogP contribution in [0.25, 0.3) is 11.1 Å². The molecule has 0 heterocycles. The maximum atomic E-state index is 14.2. The van der Waals surface area contributed by atoms with Gasteiger partial charge in [0, 0.05) is 0 Å². The molecule has 0 nitrogen and oxygen atoms in total. The van der Waals surface area contributed by atoms with Gasteiger partial charge < -0.3 is 0 Å². The summed E-state index contributed by atoms with van der Waals surface area (Å²) >= 11 is 0. The Hall–Kier alpha value is -1.63. The fraction of sp³-hybridized carbons (Fsp3) is 0.400. The van der Waals surface area contributed by atoms with Gasteiger partial charge in [0.2, 0.25) is 0 Å². The molecule has 0 spiro atoms. The molecule has 0 saturated carbocycles. The predicted molar refractivity (Wildman–Crippen MR) is 89.2 cm³/mol. The summed E-state index contributed by atoms with van der Waals surface area (Å²) in [5.74, 6) is -0.160. The van der Waals surface area contributed by atoms with Crippen molar-refractivity contribution < 1.29 is 4.39 Å². The van der Waals surface area contributed by atoms with E-state index in [0.717, 1.165) is 16.7 Å². The maximum absolute atomic E-state index is 14.2. The highest BCUT2D eigenvalue weighted by molar-refractivity contribution is 5.71. The quantitative estimate of drug-likeness (QED) is 0.594. The summed E-state index contributed by atoms with van der Waals surface area (Å²) in [6.07, 6.45) is 0. The van der Waals surface area contributed by atoms with E-state index in [1.807, 2.05) is 18.2 Å². The van der Waals surface area contributed by atoms with Gasteiger partial charge in [0.25, 0.3) is 0 Å². The topological polar surface area (TPSA) is 0 Å². The molecule has 0 unspecified atom stereocenters. The molecule has 0 aliphatic heterocycles.